The van der Waals surface area contributed by atoms with Crippen molar-refractivity contribution in [3.63, 3.8) is 0 Å². The number of nitrogens with zero attached hydrogens (tertiary/aromatic N) is 2. The molecule has 1 aromatic heterocycles. The Balaban J connectivity index is 2.45. The Labute approximate surface area is 95.1 Å². The second kappa shape index (κ2) is 6.02. The van der Waals surface area contributed by atoms with E-state index in [1.165, 1.54) is 11.3 Å². The largest absolute Gasteiger partial charge is 0.466 e. The summed E-state index contributed by atoms with van der Waals surface area (Å²) in [5, 5.41) is 12.9. The molecule has 0 aliphatic carbocycles. The van der Waals surface area contributed by atoms with E-state index >= 15 is 0 Å². The first-order chi connectivity index (χ1) is 7.13. The van der Waals surface area contributed by atoms with Crippen molar-refractivity contribution >= 4 is 11.3 Å². The van der Waals surface area contributed by atoms with Gasteiger partial charge in [0.05, 0.1) is 0 Å². The SMILES string of the molecule is CCNCc1nnc(OC(C)C(C)C)s1. The van der Waals surface area contributed by atoms with Crippen molar-refractivity contribution < 1.29 is 4.74 Å². The average molecular weight is 229 g/mol. The molecule has 1 atom stereocenters. The zero-order valence-corrected chi connectivity index (χ0v) is 10.6. The smallest absolute Gasteiger partial charge is 0.294 e. The molecule has 0 amide bonds. The van der Waals surface area contributed by atoms with E-state index in [0.717, 1.165) is 18.1 Å². The van der Waals surface area contributed by atoms with E-state index in [9.17, 15) is 0 Å². The van der Waals surface area contributed by atoms with Gasteiger partial charge in [0, 0.05) is 6.54 Å². The van der Waals surface area contributed by atoms with Gasteiger partial charge >= 0.3 is 0 Å². The number of hydrogen-bond donors (Lipinski definition) is 1. The molecular formula is C10H19N3OS. The van der Waals surface area contributed by atoms with Crippen LogP contribution in [0.5, 0.6) is 5.19 Å². The Bertz CT molecular complexity index is 288. The normalized spacial score (nSPS) is 13.1. The molecule has 0 aromatic carbocycles. The Kier molecular flexibility index (Phi) is 4.98. The van der Waals surface area contributed by atoms with E-state index in [2.05, 4.69) is 43.2 Å². The molecule has 1 rings (SSSR count). The molecule has 0 aliphatic heterocycles. The van der Waals surface area contributed by atoms with E-state index in [4.69, 9.17) is 4.74 Å². The average Bonchev–Trinajstić information content (AvgIpc) is 2.62. The second-order valence-electron chi connectivity index (χ2n) is 3.81. The van der Waals surface area contributed by atoms with Crippen molar-refractivity contribution in [2.45, 2.75) is 40.3 Å². The molecule has 5 heteroatoms. The summed E-state index contributed by atoms with van der Waals surface area (Å²) in [6.45, 7) is 10.1. The lowest BCUT2D eigenvalue weighted by molar-refractivity contribution is 0.168. The van der Waals surface area contributed by atoms with Crippen molar-refractivity contribution in [2.75, 3.05) is 6.54 Å². The minimum Gasteiger partial charge on any atom is -0.466 e. The molecule has 1 N–H and O–H groups in total. The molecule has 0 radical (unpaired) electrons. The van der Waals surface area contributed by atoms with Crippen LogP contribution in [0.4, 0.5) is 0 Å². The third-order valence-electron chi connectivity index (χ3n) is 2.20. The molecule has 4 nitrogen and oxygen atoms in total. The number of hydrogen-bond acceptors (Lipinski definition) is 5. The summed E-state index contributed by atoms with van der Waals surface area (Å²) < 4.78 is 5.65. The lowest BCUT2D eigenvalue weighted by Gasteiger charge is -2.14. The maximum atomic E-state index is 5.65. The highest BCUT2D eigenvalue weighted by atomic mass is 32.1. The highest BCUT2D eigenvalue weighted by Gasteiger charge is 2.12. The van der Waals surface area contributed by atoms with E-state index in [1.54, 1.807) is 0 Å². The highest BCUT2D eigenvalue weighted by molar-refractivity contribution is 7.13. The van der Waals surface area contributed by atoms with Gasteiger partial charge in [0.1, 0.15) is 11.1 Å². The number of aromatic nitrogens is 2. The van der Waals surface area contributed by atoms with Gasteiger partial charge in [0.25, 0.3) is 5.19 Å². The predicted molar refractivity (Wildman–Crippen MR) is 62.2 cm³/mol. The van der Waals surface area contributed by atoms with Crippen LogP contribution in [-0.4, -0.2) is 22.8 Å². The summed E-state index contributed by atoms with van der Waals surface area (Å²) in [6, 6.07) is 0. The van der Waals surface area contributed by atoms with Crippen molar-refractivity contribution in [2.24, 2.45) is 5.92 Å². The molecule has 0 aliphatic rings. The van der Waals surface area contributed by atoms with Gasteiger partial charge in [0.2, 0.25) is 0 Å². The van der Waals surface area contributed by atoms with Crippen LogP contribution >= 0.6 is 11.3 Å². The summed E-state index contributed by atoms with van der Waals surface area (Å²) in [7, 11) is 0. The minimum atomic E-state index is 0.185. The molecule has 1 heterocycles. The van der Waals surface area contributed by atoms with Gasteiger partial charge in [0.15, 0.2) is 0 Å². The molecule has 0 saturated heterocycles. The molecule has 15 heavy (non-hydrogen) atoms. The maximum Gasteiger partial charge on any atom is 0.294 e. The van der Waals surface area contributed by atoms with Gasteiger partial charge < -0.3 is 10.1 Å². The molecule has 0 saturated carbocycles. The van der Waals surface area contributed by atoms with E-state index in [0.29, 0.717) is 11.1 Å². The molecule has 0 bridgehead atoms. The number of nitrogens with one attached hydrogen (secondary N) is 1. The van der Waals surface area contributed by atoms with Crippen molar-refractivity contribution in [1.29, 1.82) is 0 Å². The Morgan fingerprint density at radius 3 is 2.67 bits per heavy atom. The van der Waals surface area contributed by atoms with E-state index in [1.807, 2.05) is 0 Å². The van der Waals surface area contributed by atoms with Crippen LogP contribution in [0.25, 0.3) is 0 Å². The van der Waals surface area contributed by atoms with Gasteiger partial charge in [-0.2, -0.15) is 0 Å². The van der Waals surface area contributed by atoms with Gasteiger partial charge in [-0.15, -0.1) is 5.10 Å². The summed E-state index contributed by atoms with van der Waals surface area (Å²) in [4.78, 5) is 0. The van der Waals surface area contributed by atoms with Crippen molar-refractivity contribution in [1.82, 2.24) is 15.5 Å². The van der Waals surface area contributed by atoms with Crippen molar-refractivity contribution in [3.8, 4) is 5.19 Å². The Morgan fingerprint density at radius 2 is 2.07 bits per heavy atom. The predicted octanol–water partition coefficient (Wildman–Crippen LogP) is 2.07. The zero-order valence-electron chi connectivity index (χ0n) is 9.78. The molecular weight excluding hydrogens is 210 g/mol. The quantitative estimate of drug-likeness (QED) is 0.811. The first-order valence-corrected chi connectivity index (χ1v) is 6.14. The first kappa shape index (κ1) is 12.4. The molecule has 1 unspecified atom stereocenters. The van der Waals surface area contributed by atoms with Crippen LogP contribution in [0, 0.1) is 5.92 Å². The van der Waals surface area contributed by atoms with Crippen LogP contribution < -0.4 is 10.1 Å². The summed E-state index contributed by atoms with van der Waals surface area (Å²) >= 11 is 1.51. The third-order valence-corrected chi connectivity index (χ3v) is 3.01. The topological polar surface area (TPSA) is 47.0 Å². The minimum absolute atomic E-state index is 0.185. The second-order valence-corrected chi connectivity index (χ2v) is 4.83. The van der Waals surface area contributed by atoms with Gasteiger partial charge in [-0.3, -0.25) is 0 Å². The van der Waals surface area contributed by atoms with Crippen molar-refractivity contribution in [3.05, 3.63) is 5.01 Å². The fourth-order valence-electron chi connectivity index (χ4n) is 0.884. The maximum absolute atomic E-state index is 5.65. The Morgan fingerprint density at radius 1 is 1.33 bits per heavy atom. The monoisotopic (exact) mass is 229 g/mol. The number of ether oxygens (including phenoxy) is 1. The first-order valence-electron chi connectivity index (χ1n) is 5.33. The fraction of sp³-hybridized carbons (Fsp3) is 0.800. The molecule has 86 valence electrons. The lowest BCUT2D eigenvalue weighted by atomic mass is 10.1. The van der Waals surface area contributed by atoms with Gasteiger partial charge in [-0.1, -0.05) is 37.2 Å². The number of rotatable bonds is 6. The van der Waals surface area contributed by atoms with Crippen LogP contribution in [0.2, 0.25) is 0 Å². The zero-order chi connectivity index (χ0) is 11.3. The van der Waals surface area contributed by atoms with Crippen LogP contribution in [0.1, 0.15) is 32.7 Å². The van der Waals surface area contributed by atoms with Crippen LogP contribution in [0.15, 0.2) is 0 Å². The van der Waals surface area contributed by atoms with Crippen LogP contribution in [-0.2, 0) is 6.54 Å². The summed E-state index contributed by atoms with van der Waals surface area (Å²) in [6.07, 6.45) is 0.185. The summed E-state index contributed by atoms with van der Waals surface area (Å²) in [5.74, 6) is 0.492. The molecule has 0 spiro atoms. The highest BCUT2D eigenvalue weighted by Crippen LogP contribution is 2.20. The standard InChI is InChI=1S/C10H19N3OS/c1-5-11-6-9-12-13-10(15-9)14-8(4)7(2)3/h7-8,11H,5-6H2,1-4H3. The molecule has 1 aromatic rings. The van der Waals surface area contributed by atoms with E-state index in [-0.39, 0.29) is 6.10 Å². The van der Waals surface area contributed by atoms with Gasteiger partial charge in [-0.25, -0.2) is 0 Å². The lowest BCUT2D eigenvalue weighted by Crippen LogP contribution is -2.18. The summed E-state index contributed by atoms with van der Waals surface area (Å²) in [5.41, 5.74) is 0. The van der Waals surface area contributed by atoms with Crippen LogP contribution in [0.3, 0.4) is 0 Å². The van der Waals surface area contributed by atoms with E-state index < -0.39 is 0 Å². The fourth-order valence-corrected chi connectivity index (χ4v) is 1.62. The Hall–Kier alpha value is -0.680. The third kappa shape index (κ3) is 4.13. The van der Waals surface area contributed by atoms with Gasteiger partial charge in [-0.05, 0) is 19.4 Å². The molecule has 0 fully saturated rings.